The van der Waals surface area contributed by atoms with Gasteiger partial charge in [0, 0.05) is 30.8 Å². The van der Waals surface area contributed by atoms with Crippen molar-refractivity contribution in [3.05, 3.63) is 39.9 Å². The smallest absolute Gasteiger partial charge is 0.270 e. The van der Waals surface area contributed by atoms with Crippen LogP contribution in [0.2, 0.25) is 0 Å². The van der Waals surface area contributed by atoms with Crippen LogP contribution in [-0.2, 0) is 14.4 Å². The first-order valence-electron chi connectivity index (χ1n) is 6.42. The molecule has 8 nitrogen and oxygen atoms in total. The Bertz CT molecular complexity index is 540. The summed E-state index contributed by atoms with van der Waals surface area (Å²) in [5, 5.41) is 14.3. The quantitative estimate of drug-likeness (QED) is 0.455. The number of non-ortho nitro benzene ring substituents is 1. The molecule has 21 heavy (non-hydrogen) atoms. The molecule has 112 valence electrons. The van der Waals surface area contributed by atoms with Gasteiger partial charge in [-0.15, -0.1) is 0 Å². The number of oxime groups is 1. The molecule has 1 aromatic carbocycles. The number of nitro benzene ring substituents is 1. The molecule has 1 heterocycles. The maximum absolute atomic E-state index is 11.7. The van der Waals surface area contributed by atoms with E-state index in [1.54, 1.807) is 17.0 Å². The third-order valence-corrected chi connectivity index (χ3v) is 2.91. The zero-order chi connectivity index (χ0) is 15.1. The predicted molar refractivity (Wildman–Crippen MR) is 74.0 cm³/mol. The van der Waals surface area contributed by atoms with Crippen LogP contribution in [0, 0.1) is 10.1 Å². The van der Waals surface area contributed by atoms with Crippen LogP contribution in [0.25, 0.3) is 0 Å². The van der Waals surface area contributed by atoms with E-state index >= 15 is 0 Å². The molecule has 0 unspecified atom stereocenters. The van der Waals surface area contributed by atoms with Crippen LogP contribution < -0.4 is 0 Å². The summed E-state index contributed by atoms with van der Waals surface area (Å²) in [4.78, 5) is 28.4. The Morgan fingerprint density at radius 2 is 2.24 bits per heavy atom. The first-order valence-corrected chi connectivity index (χ1v) is 6.42. The van der Waals surface area contributed by atoms with Crippen LogP contribution in [0.5, 0.6) is 0 Å². The monoisotopic (exact) mass is 293 g/mol. The third kappa shape index (κ3) is 4.53. The van der Waals surface area contributed by atoms with Crippen molar-refractivity contribution in [1.29, 1.82) is 0 Å². The number of carbonyl (C=O) groups is 1. The summed E-state index contributed by atoms with van der Waals surface area (Å²) in [7, 11) is 0. The lowest BCUT2D eigenvalue weighted by Crippen LogP contribution is -2.42. The predicted octanol–water partition coefficient (Wildman–Crippen LogP) is 0.804. The second kappa shape index (κ2) is 7.34. The van der Waals surface area contributed by atoms with Crippen molar-refractivity contribution in [3.63, 3.8) is 0 Å². The molecule has 0 saturated carbocycles. The van der Waals surface area contributed by atoms with Gasteiger partial charge in [-0.3, -0.25) is 14.9 Å². The number of rotatable bonds is 5. The number of benzene rings is 1. The van der Waals surface area contributed by atoms with E-state index in [0.717, 1.165) is 0 Å². The fourth-order valence-corrected chi connectivity index (χ4v) is 1.81. The molecule has 0 aromatic heterocycles. The van der Waals surface area contributed by atoms with E-state index in [9.17, 15) is 14.9 Å². The summed E-state index contributed by atoms with van der Waals surface area (Å²) in [5.41, 5.74) is 0.506. The highest BCUT2D eigenvalue weighted by Crippen LogP contribution is 2.11. The van der Waals surface area contributed by atoms with Gasteiger partial charge < -0.3 is 14.5 Å². The van der Waals surface area contributed by atoms with Crippen molar-refractivity contribution in [2.45, 2.75) is 0 Å². The Hall–Kier alpha value is -2.48. The number of carbonyl (C=O) groups excluding carboxylic acids is 1. The molecule has 1 saturated heterocycles. The summed E-state index contributed by atoms with van der Waals surface area (Å²) in [6.45, 7) is 2.00. The van der Waals surface area contributed by atoms with Gasteiger partial charge in [0.1, 0.15) is 0 Å². The Balaban J connectivity index is 1.81. The molecule has 1 aliphatic rings. The largest absolute Gasteiger partial charge is 0.386 e. The van der Waals surface area contributed by atoms with E-state index in [4.69, 9.17) is 9.57 Å². The zero-order valence-corrected chi connectivity index (χ0v) is 11.3. The number of nitrogens with zero attached hydrogens (tertiary/aromatic N) is 3. The van der Waals surface area contributed by atoms with E-state index in [1.165, 1.54) is 18.3 Å². The number of nitro groups is 1. The number of morpholine rings is 1. The molecule has 0 radical (unpaired) electrons. The van der Waals surface area contributed by atoms with Crippen LogP contribution in [0.1, 0.15) is 5.56 Å². The van der Waals surface area contributed by atoms with E-state index in [-0.39, 0.29) is 18.2 Å². The molecule has 0 spiro atoms. The highest BCUT2D eigenvalue weighted by molar-refractivity contribution is 5.80. The van der Waals surface area contributed by atoms with Gasteiger partial charge in [-0.25, -0.2) is 0 Å². The minimum absolute atomic E-state index is 0.0247. The molecule has 0 aliphatic carbocycles. The molecule has 8 heteroatoms. The standard InChI is InChI=1S/C13H15N3O5/c17-13(15-4-6-20-7-5-15)10-21-14-9-11-2-1-3-12(8-11)16(18)19/h1-3,8-9H,4-7,10H2. The SMILES string of the molecule is O=C(CON=Cc1cccc([N+](=O)[O-])c1)N1CCOCC1. The van der Waals surface area contributed by atoms with Crippen molar-refractivity contribution in [2.75, 3.05) is 32.9 Å². The van der Waals surface area contributed by atoms with Gasteiger partial charge in [0.2, 0.25) is 0 Å². The Labute approximate surface area is 121 Å². The molecule has 0 N–H and O–H groups in total. The van der Waals surface area contributed by atoms with Gasteiger partial charge >= 0.3 is 0 Å². The Morgan fingerprint density at radius 1 is 1.48 bits per heavy atom. The van der Waals surface area contributed by atoms with Crippen molar-refractivity contribution < 1.29 is 19.3 Å². The van der Waals surface area contributed by atoms with Crippen molar-refractivity contribution >= 4 is 17.8 Å². The molecule has 1 aromatic rings. The van der Waals surface area contributed by atoms with Gasteiger partial charge in [0.15, 0.2) is 6.61 Å². The zero-order valence-electron chi connectivity index (χ0n) is 11.3. The molecule has 0 atom stereocenters. The summed E-state index contributed by atoms with van der Waals surface area (Å²) >= 11 is 0. The van der Waals surface area contributed by atoms with Crippen molar-refractivity contribution in [2.24, 2.45) is 5.16 Å². The van der Waals surface area contributed by atoms with Crippen molar-refractivity contribution in [1.82, 2.24) is 4.90 Å². The van der Waals surface area contributed by atoms with Gasteiger partial charge in [-0.1, -0.05) is 17.3 Å². The van der Waals surface area contributed by atoms with E-state index in [0.29, 0.717) is 31.9 Å². The van der Waals surface area contributed by atoms with Gasteiger partial charge in [-0.2, -0.15) is 0 Å². The van der Waals surface area contributed by atoms with Crippen LogP contribution in [0.15, 0.2) is 29.4 Å². The summed E-state index contributed by atoms with van der Waals surface area (Å²) in [5.74, 6) is -0.158. The van der Waals surface area contributed by atoms with Gasteiger partial charge in [-0.05, 0) is 0 Å². The van der Waals surface area contributed by atoms with Crippen LogP contribution in [-0.4, -0.2) is 54.9 Å². The second-order valence-electron chi connectivity index (χ2n) is 4.35. The normalized spacial score (nSPS) is 15.1. The van der Waals surface area contributed by atoms with Crippen molar-refractivity contribution in [3.8, 4) is 0 Å². The number of hydrogen-bond donors (Lipinski definition) is 0. The number of ether oxygens (including phenoxy) is 1. The average Bonchev–Trinajstić information content (AvgIpc) is 2.52. The fraction of sp³-hybridized carbons (Fsp3) is 0.385. The average molecular weight is 293 g/mol. The molecule has 1 fully saturated rings. The van der Waals surface area contributed by atoms with Crippen LogP contribution in [0.4, 0.5) is 5.69 Å². The fourth-order valence-electron chi connectivity index (χ4n) is 1.81. The summed E-state index contributed by atoms with van der Waals surface area (Å²) < 4.78 is 5.14. The van der Waals surface area contributed by atoms with E-state index < -0.39 is 4.92 Å². The minimum Gasteiger partial charge on any atom is -0.386 e. The first-order chi connectivity index (χ1) is 10.2. The highest BCUT2D eigenvalue weighted by Gasteiger charge is 2.16. The van der Waals surface area contributed by atoms with Gasteiger partial charge in [0.25, 0.3) is 11.6 Å². The van der Waals surface area contributed by atoms with Crippen LogP contribution >= 0.6 is 0 Å². The maximum atomic E-state index is 11.7. The first kappa shape index (κ1) is 14.9. The topological polar surface area (TPSA) is 94.3 Å². The number of amides is 1. The lowest BCUT2D eigenvalue weighted by molar-refractivity contribution is -0.384. The van der Waals surface area contributed by atoms with E-state index in [2.05, 4.69) is 5.16 Å². The van der Waals surface area contributed by atoms with Crippen LogP contribution in [0.3, 0.4) is 0 Å². The molecule has 1 amide bonds. The lowest BCUT2D eigenvalue weighted by atomic mass is 10.2. The van der Waals surface area contributed by atoms with Gasteiger partial charge in [0.05, 0.1) is 24.4 Å². The lowest BCUT2D eigenvalue weighted by Gasteiger charge is -2.26. The molecular formula is C13H15N3O5. The van der Waals surface area contributed by atoms with E-state index in [1.807, 2.05) is 0 Å². The minimum atomic E-state index is -0.486. The molecule has 1 aliphatic heterocycles. The molecule has 0 bridgehead atoms. The third-order valence-electron chi connectivity index (χ3n) is 2.91. The summed E-state index contributed by atoms with van der Waals surface area (Å²) in [6, 6.07) is 5.97. The maximum Gasteiger partial charge on any atom is 0.270 e. The molecule has 2 rings (SSSR count). The summed E-state index contributed by atoms with van der Waals surface area (Å²) in [6.07, 6.45) is 1.33. The highest BCUT2D eigenvalue weighted by atomic mass is 16.6. The number of hydrogen-bond acceptors (Lipinski definition) is 6. The Morgan fingerprint density at radius 3 is 2.95 bits per heavy atom. The Kier molecular flexibility index (Phi) is 5.22. The second-order valence-corrected chi connectivity index (χ2v) is 4.35. The molecular weight excluding hydrogens is 278 g/mol.